The van der Waals surface area contributed by atoms with E-state index in [1.165, 1.54) is 26.8 Å². The molecule has 2 aliphatic rings. The fourth-order valence-corrected chi connectivity index (χ4v) is 4.89. The van der Waals surface area contributed by atoms with Crippen LogP contribution >= 0.6 is 23.4 Å². The molecule has 1 unspecified atom stereocenters. The molecule has 2 heterocycles. The van der Waals surface area contributed by atoms with Crippen molar-refractivity contribution in [1.29, 1.82) is 0 Å². The molecule has 0 amide bonds. The van der Waals surface area contributed by atoms with Crippen LogP contribution < -0.4 is 5.32 Å². The second-order valence-electron chi connectivity index (χ2n) is 5.83. The van der Waals surface area contributed by atoms with Gasteiger partial charge in [-0.05, 0) is 34.0 Å². The molecular formula is C20H13ClN2S. The van der Waals surface area contributed by atoms with Crippen molar-refractivity contribution in [2.24, 2.45) is 4.99 Å². The maximum absolute atomic E-state index is 6.28. The van der Waals surface area contributed by atoms with Crippen molar-refractivity contribution in [3.8, 4) is 0 Å². The fourth-order valence-electron chi connectivity index (χ4n) is 3.41. The summed E-state index contributed by atoms with van der Waals surface area (Å²) in [5.74, 6) is 0. The molecule has 24 heavy (non-hydrogen) atoms. The van der Waals surface area contributed by atoms with Gasteiger partial charge in [-0.25, -0.2) is 4.99 Å². The molecule has 116 valence electrons. The van der Waals surface area contributed by atoms with Crippen LogP contribution in [-0.2, 0) is 0 Å². The second-order valence-corrected chi connectivity index (χ2v) is 7.31. The first-order valence-electron chi connectivity index (χ1n) is 7.80. The molecule has 4 heteroatoms. The van der Waals surface area contributed by atoms with Gasteiger partial charge in [-0.15, -0.1) is 0 Å². The normalized spacial score (nSPS) is 18.9. The number of fused-ring (bicyclic) bond motifs is 5. The summed E-state index contributed by atoms with van der Waals surface area (Å²) in [7, 11) is 0. The Hall–Kier alpha value is -2.23. The topological polar surface area (TPSA) is 24.4 Å². The fraction of sp³-hybridized carbons (Fsp3) is 0.0500. The summed E-state index contributed by atoms with van der Waals surface area (Å²) in [6.45, 7) is 0. The number of rotatable bonds is 1. The quantitative estimate of drug-likeness (QED) is 0.600. The van der Waals surface area contributed by atoms with Gasteiger partial charge in [0.25, 0.3) is 0 Å². The van der Waals surface area contributed by atoms with Gasteiger partial charge in [0.2, 0.25) is 0 Å². The lowest BCUT2D eigenvalue weighted by molar-refractivity contribution is 1.12. The Labute approximate surface area is 149 Å². The molecule has 0 saturated heterocycles. The number of aliphatic imine (C=N–C) groups is 1. The van der Waals surface area contributed by atoms with Crippen LogP contribution in [0.25, 0.3) is 22.0 Å². The van der Waals surface area contributed by atoms with Crippen molar-refractivity contribution in [2.75, 3.05) is 0 Å². The Balaban J connectivity index is 1.84. The third kappa shape index (κ3) is 2.09. The monoisotopic (exact) mass is 348 g/mol. The van der Waals surface area contributed by atoms with Gasteiger partial charge in [-0.1, -0.05) is 72.4 Å². The number of nitrogens with one attached hydrogen (secondary N) is 1. The largest absolute Gasteiger partial charge is 0.330 e. The average molecular weight is 349 g/mol. The Kier molecular flexibility index (Phi) is 3.18. The van der Waals surface area contributed by atoms with Crippen LogP contribution in [0.4, 0.5) is 0 Å². The lowest BCUT2D eigenvalue weighted by Crippen LogP contribution is -2.25. The first-order chi connectivity index (χ1) is 11.8. The van der Waals surface area contributed by atoms with E-state index in [1.807, 2.05) is 18.2 Å². The van der Waals surface area contributed by atoms with E-state index in [2.05, 4.69) is 58.8 Å². The van der Waals surface area contributed by atoms with Crippen molar-refractivity contribution in [1.82, 2.24) is 5.32 Å². The van der Waals surface area contributed by atoms with Gasteiger partial charge >= 0.3 is 0 Å². The number of hydrogen-bond donors (Lipinski definition) is 1. The number of halogens is 1. The number of benzene rings is 3. The second kappa shape index (κ2) is 5.40. The molecule has 2 aliphatic heterocycles. The van der Waals surface area contributed by atoms with Crippen LogP contribution in [0, 0.1) is 0 Å². The van der Waals surface area contributed by atoms with E-state index >= 15 is 0 Å². The molecule has 0 saturated carbocycles. The first-order valence-corrected chi connectivity index (χ1v) is 9.06. The van der Waals surface area contributed by atoms with Crippen molar-refractivity contribution >= 4 is 50.7 Å². The Morgan fingerprint density at radius 1 is 0.917 bits per heavy atom. The van der Waals surface area contributed by atoms with E-state index in [0.29, 0.717) is 5.29 Å². The predicted molar refractivity (Wildman–Crippen MR) is 103 cm³/mol. The zero-order valence-electron chi connectivity index (χ0n) is 12.7. The molecule has 1 atom stereocenters. The molecule has 0 fully saturated rings. The van der Waals surface area contributed by atoms with Crippen molar-refractivity contribution < 1.29 is 0 Å². The molecule has 2 nitrogen and oxygen atoms in total. The minimum absolute atomic E-state index is 0.00904. The highest BCUT2D eigenvalue weighted by Gasteiger charge is 2.35. The van der Waals surface area contributed by atoms with Crippen molar-refractivity contribution in [3.63, 3.8) is 0 Å². The summed E-state index contributed by atoms with van der Waals surface area (Å²) in [5.41, 5.74) is 4.69. The lowest BCUT2D eigenvalue weighted by Gasteiger charge is -2.22. The molecule has 5 rings (SSSR count). The summed E-state index contributed by atoms with van der Waals surface area (Å²) in [6.07, 6.45) is 0. The number of amidine groups is 1. The molecule has 0 radical (unpaired) electrons. The highest BCUT2D eigenvalue weighted by atomic mass is 35.5. The summed E-state index contributed by atoms with van der Waals surface area (Å²) >= 11 is 8.05. The third-order valence-electron chi connectivity index (χ3n) is 4.44. The molecule has 3 aromatic carbocycles. The van der Waals surface area contributed by atoms with E-state index in [4.69, 9.17) is 11.6 Å². The number of hydrogen-bond acceptors (Lipinski definition) is 3. The molecule has 0 aromatic heterocycles. The van der Waals surface area contributed by atoms with Crippen LogP contribution in [0.2, 0.25) is 0 Å². The van der Waals surface area contributed by atoms with Gasteiger partial charge in [0.1, 0.15) is 5.37 Å². The number of thioether (sulfide) groups is 1. The van der Waals surface area contributed by atoms with E-state index in [0.717, 1.165) is 11.3 Å². The van der Waals surface area contributed by atoms with Crippen LogP contribution in [0.3, 0.4) is 0 Å². The molecule has 1 N–H and O–H groups in total. The van der Waals surface area contributed by atoms with E-state index in [1.54, 1.807) is 11.8 Å². The summed E-state index contributed by atoms with van der Waals surface area (Å²) in [5, 5.41) is 6.27. The van der Waals surface area contributed by atoms with Gasteiger partial charge in [-0.3, -0.25) is 0 Å². The highest BCUT2D eigenvalue weighted by Crippen LogP contribution is 2.51. The van der Waals surface area contributed by atoms with Crippen LogP contribution in [0.1, 0.15) is 11.1 Å². The average Bonchev–Trinajstić information content (AvgIpc) is 3.00. The first kappa shape index (κ1) is 14.1. The SMILES string of the molecule is ClC1=NC2Sc3ccc4ccccc4c3C2=C(c2ccccc2)N1. The van der Waals surface area contributed by atoms with E-state index < -0.39 is 0 Å². The summed E-state index contributed by atoms with van der Waals surface area (Å²) < 4.78 is 0. The Morgan fingerprint density at radius 3 is 2.58 bits per heavy atom. The highest BCUT2D eigenvalue weighted by molar-refractivity contribution is 8.01. The summed E-state index contributed by atoms with van der Waals surface area (Å²) in [6, 6.07) is 23.2. The van der Waals surface area contributed by atoms with Gasteiger partial charge in [0.15, 0.2) is 5.29 Å². The molecule has 0 bridgehead atoms. The van der Waals surface area contributed by atoms with Crippen molar-refractivity contribution in [3.05, 3.63) is 77.9 Å². The predicted octanol–water partition coefficient (Wildman–Crippen LogP) is 5.34. The van der Waals surface area contributed by atoms with Gasteiger partial charge in [0, 0.05) is 16.0 Å². The third-order valence-corrected chi connectivity index (χ3v) is 5.79. The smallest absolute Gasteiger partial charge is 0.197 e. The summed E-state index contributed by atoms with van der Waals surface area (Å²) in [4.78, 5) is 5.88. The number of nitrogens with zero attached hydrogens (tertiary/aromatic N) is 1. The molecule has 0 spiro atoms. The van der Waals surface area contributed by atoms with Crippen molar-refractivity contribution in [2.45, 2.75) is 10.3 Å². The Morgan fingerprint density at radius 2 is 1.71 bits per heavy atom. The van der Waals surface area contributed by atoms with Crippen LogP contribution in [0.5, 0.6) is 0 Å². The van der Waals surface area contributed by atoms with Crippen LogP contribution in [0.15, 0.2) is 76.6 Å². The maximum atomic E-state index is 6.28. The Bertz CT molecular complexity index is 1020. The minimum atomic E-state index is 0.00904. The molecule has 0 aliphatic carbocycles. The lowest BCUT2D eigenvalue weighted by atomic mass is 9.94. The van der Waals surface area contributed by atoms with E-state index in [-0.39, 0.29) is 5.37 Å². The molecule has 3 aromatic rings. The molecular weight excluding hydrogens is 336 g/mol. The van der Waals surface area contributed by atoms with E-state index in [9.17, 15) is 0 Å². The standard InChI is InChI=1S/C20H13ClN2S/c21-20-22-18(13-7-2-1-3-8-13)17-16-14-9-5-4-6-12(14)10-11-15(16)24-19(17)23-20/h1-11,19H,(H,22,23). The zero-order valence-corrected chi connectivity index (χ0v) is 14.2. The minimum Gasteiger partial charge on any atom is -0.330 e. The van der Waals surface area contributed by atoms with Crippen LogP contribution in [-0.4, -0.2) is 10.7 Å². The maximum Gasteiger partial charge on any atom is 0.197 e. The van der Waals surface area contributed by atoms with Gasteiger partial charge in [0.05, 0.1) is 5.70 Å². The van der Waals surface area contributed by atoms with Gasteiger partial charge < -0.3 is 5.32 Å². The van der Waals surface area contributed by atoms with Gasteiger partial charge in [-0.2, -0.15) is 0 Å². The zero-order chi connectivity index (χ0) is 16.1.